The van der Waals surface area contributed by atoms with E-state index in [0.29, 0.717) is 11.2 Å². The Hall–Kier alpha value is -0.830. The largest absolute Gasteiger partial charge is 0.357 e. The highest BCUT2D eigenvalue weighted by Crippen LogP contribution is 2.31. The molecule has 0 spiro atoms. The van der Waals surface area contributed by atoms with Crippen molar-refractivity contribution in [3.8, 4) is 0 Å². The van der Waals surface area contributed by atoms with Gasteiger partial charge in [0.2, 0.25) is 0 Å². The summed E-state index contributed by atoms with van der Waals surface area (Å²) in [6.45, 7) is 4.18. The molecule has 0 radical (unpaired) electrons. The Kier molecular flexibility index (Phi) is 4.44. The third-order valence-electron chi connectivity index (χ3n) is 4.10. The number of aryl methyl sites for hydroxylation is 1. The fraction of sp³-hybridized carbons (Fsp3) is 0.714. The summed E-state index contributed by atoms with van der Waals surface area (Å²) in [6, 6.07) is 2.46. The SMILES string of the molecule is CCC1CCC(N(C)c2cc(Cl)nc(C)n2)CC1. The number of rotatable bonds is 3. The van der Waals surface area contributed by atoms with Gasteiger partial charge in [-0.2, -0.15) is 0 Å². The predicted octanol–water partition coefficient (Wildman–Crippen LogP) is 3.84. The first-order valence-electron chi connectivity index (χ1n) is 6.84. The second-order valence-corrected chi connectivity index (χ2v) is 5.68. The summed E-state index contributed by atoms with van der Waals surface area (Å²) >= 11 is 6.00. The van der Waals surface area contributed by atoms with Crippen molar-refractivity contribution in [3.63, 3.8) is 0 Å². The third-order valence-corrected chi connectivity index (χ3v) is 4.29. The molecule has 0 atom stereocenters. The van der Waals surface area contributed by atoms with Crippen LogP contribution in [0.2, 0.25) is 5.15 Å². The van der Waals surface area contributed by atoms with Gasteiger partial charge in [0.1, 0.15) is 16.8 Å². The highest BCUT2D eigenvalue weighted by molar-refractivity contribution is 6.29. The van der Waals surface area contributed by atoms with Gasteiger partial charge in [-0.3, -0.25) is 0 Å². The third kappa shape index (κ3) is 3.14. The zero-order valence-corrected chi connectivity index (χ0v) is 12.2. The van der Waals surface area contributed by atoms with Crippen molar-refractivity contribution in [1.29, 1.82) is 0 Å². The summed E-state index contributed by atoms with van der Waals surface area (Å²) in [6.07, 6.45) is 6.51. The van der Waals surface area contributed by atoms with Gasteiger partial charge in [0, 0.05) is 19.2 Å². The maximum Gasteiger partial charge on any atom is 0.134 e. The van der Waals surface area contributed by atoms with E-state index in [4.69, 9.17) is 11.6 Å². The van der Waals surface area contributed by atoms with Gasteiger partial charge in [-0.05, 0) is 38.5 Å². The lowest BCUT2D eigenvalue weighted by molar-refractivity contribution is 0.313. The number of nitrogens with zero attached hydrogens (tertiary/aromatic N) is 3. The number of hydrogen-bond donors (Lipinski definition) is 0. The summed E-state index contributed by atoms with van der Waals surface area (Å²) in [5.41, 5.74) is 0. The Morgan fingerprint density at radius 1 is 1.28 bits per heavy atom. The van der Waals surface area contributed by atoms with Gasteiger partial charge < -0.3 is 4.90 Å². The van der Waals surface area contributed by atoms with E-state index >= 15 is 0 Å². The Morgan fingerprint density at radius 3 is 2.50 bits per heavy atom. The highest BCUT2D eigenvalue weighted by atomic mass is 35.5. The first-order chi connectivity index (χ1) is 8.60. The van der Waals surface area contributed by atoms with Crippen LogP contribution in [0.3, 0.4) is 0 Å². The Balaban J connectivity index is 2.05. The standard InChI is InChI=1S/C14H22ClN3/c1-4-11-5-7-12(8-6-11)18(3)14-9-13(15)16-10(2)17-14/h9,11-12H,4-8H2,1-3H3. The summed E-state index contributed by atoms with van der Waals surface area (Å²) in [5, 5.41) is 0.534. The van der Waals surface area contributed by atoms with Crippen molar-refractivity contribution in [2.24, 2.45) is 5.92 Å². The lowest BCUT2D eigenvalue weighted by Gasteiger charge is -2.35. The molecule has 1 saturated carbocycles. The van der Waals surface area contributed by atoms with Crippen LogP contribution >= 0.6 is 11.6 Å². The first kappa shape index (κ1) is 13.6. The van der Waals surface area contributed by atoms with Crippen molar-refractivity contribution in [2.45, 2.75) is 52.0 Å². The van der Waals surface area contributed by atoms with E-state index in [2.05, 4.69) is 28.8 Å². The molecule has 100 valence electrons. The van der Waals surface area contributed by atoms with E-state index < -0.39 is 0 Å². The lowest BCUT2D eigenvalue weighted by Crippen LogP contribution is -2.35. The van der Waals surface area contributed by atoms with E-state index in [9.17, 15) is 0 Å². The molecular formula is C14H22ClN3. The minimum atomic E-state index is 0.534. The molecule has 1 aromatic rings. The topological polar surface area (TPSA) is 29.0 Å². The molecule has 0 aromatic carbocycles. The van der Waals surface area contributed by atoms with Crippen LogP contribution in [-0.2, 0) is 0 Å². The Labute approximate surface area is 115 Å². The van der Waals surface area contributed by atoms with Crippen molar-refractivity contribution in [3.05, 3.63) is 17.0 Å². The van der Waals surface area contributed by atoms with E-state index in [1.165, 1.54) is 32.1 Å². The minimum absolute atomic E-state index is 0.534. The summed E-state index contributed by atoms with van der Waals surface area (Å²) < 4.78 is 0. The molecule has 0 N–H and O–H groups in total. The second kappa shape index (κ2) is 5.87. The maximum atomic E-state index is 6.00. The van der Waals surface area contributed by atoms with Gasteiger partial charge >= 0.3 is 0 Å². The zero-order valence-electron chi connectivity index (χ0n) is 11.5. The van der Waals surface area contributed by atoms with Crippen LogP contribution < -0.4 is 4.90 Å². The van der Waals surface area contributed by atoms with E-state index in [1.54, 1.807) is 0 Å². The van der Waals surface area contributed by atoms with Crippen molar-refractivity contribution in [1.82, 2.24) is 9.97 Å². The number of halogens is 1. The molecule has 18 heavy (non-hydrogen) atoms. The molecular weight excluding hydrogens is 246 g/mol. The molecule has 4 heteroatoms. The van der Waals surface area contributed by atoms with Gasteiger partial charge in [0.05, 0.1) is 0 Å². The van der Waals surface area contributed by atoms with Crippen LogP contribution in [0.5, 0.6) is 0 Å². The number of aromatic nitrogens is 2. The minimum Gasteiger partial charge on any atom is -0.357 e. The van der Waals surface area contributed by atoms with Crippen LogP contribution in [0.1, 0.15) is 44.9 Å². The Bertz CT molecular complexity index is 380. The molecule has 0 amide bonds. The first-order valence-corrected chi connectivity index (χ1v) is 7.22. The predicted molar refractivity (Wildman–Crippen MR) is 76.2 cm³/mol. The van der Waals surface area contributed by atoms with Gasteiger partial charge in [-0.15, -0.1) is 0 Å². The second-order valence-electron chi connectivity index (χ2n) is 5.29. The average molecular weight is 268 g/mol. The quantitative estimate of drug-likeness (QED) is 0.779. The lowest BCUT2D eigenvalue weighted by atomic mass is 9.84. The van der Waals surface area contributed by atoms with Crippen LogP contribution in [0.25, 0.3) is 0 Å². The summed E-state index contributed by atoms with van der Waals surface area (Å²) in [7, 11) is 2.12. The fourth-order valence-corrected chi connectivity index (χ4v) is 3.04. The molecule has 0 bridgehead atoms. The van der Waals surface area contributed by atoms with E-state index in [0.717, 1.165) is 17.6 Å². The van der Waals surface area contributed by atoms with Crippen LogP contribution in [0, 0.1) is 12.8 Å². The van der Waals surface area contributed by atoms with Crippen molar-refractivity contribution < 1.29 is 0 Å². The molecule has 3 nitrogen and oxygen atoms in total. The number of hydrogen-bond acceptors (Lipinski definition) is 3. The summed E-state index contributed by atoms with van der Waals surface area (Å²) in [5.74, 6) is 2.62. The van der Waals surface area contributed by atoms with Crippen molar-refractivity contribution in [2.75, 3.05) is 11.9 Å². The van der Waals surface area contributed by atoms with Crippen LogP contribution in [-0.4, -0.2) is 23.1 Å². The van der Waals surface area contributed by atoms with Gasteiger partial charge in [0.25, 0.3) is 0 Å². The van der Waals surface area contributed by atoms with E-state index in [1.807, 2.05) is 13.0 Å². The van der Waals surface area contributed by atoms with Gasteiger partial charge in [0.15, 0.2) is 0 Å². The molecule has 0 unspecified atom stereocenters. The molecule has 1 heterocycles. The molecule has 0 saturated heterocycles. The maximum absolute atomic E-state index is 6.00. The fourth-order valence-electron chi connectivity index (χ4n) is 2.82. The normalized spacial score (nSPS) is 24.0. The monoisotopic (exact) mass is 267 g/mol. The van der Waals surface area contributed by atoms with Crippen LogP contribution in [0.4, 0.5) is 5.82 Å². The zero-order chi connectivity index (χ0) is 13.1. The van der Waals surface area contributed by atoms with E-state index in [-0.39, 0.29) is 0 Å². The molecule has 1 aliphatic rings. The molecule has 1 aromatic heterocycles. The molecule has 2 rings (SSSR count). The molecule has 1 fully saturated rings. The molecule has 0 aliphatic heterocycles. The van der Waals surface area contributed by atoms with Gasteiger partial charge in [-0.1, -0.05) is 24.9 Å². The van der Waals surface area contributed by atoms with Crippen LogP contribution in [0.15, 0.2) is 6.07 Å². The smallest absolute Gasteiger partial charge is 0.134 e. The van der Waals surface area contributed by atoms with Crippen molar-refractivity contribution >= 4 is 17.4 Å². The number of anilines is 1. The van der Waals surface area contributed by atoms with Gasteiger partial charge in [-0.25, -0.2) is 9.97 Å². The average Bonchev–Trinajstić information content (AvgIpc) is 2.37. The molecule has 1 aliphatic carbocycles. The Morgan fingerprint density at radius 2 is 1.94 bits per heavy atom. The highest BCUT2D eigenvalue weighted by Gasteiger charge is 2.24. The summed E-state index contributed by atoms with van der Waals surface area (Å²) in [4.78, 5) is 10.9.